The highest BCUT2D eigenvalue weighted by Crippen LogP contribution is 2.26. The molecule has 4 heteroatoms. The average molecular weight is 269 g/mol. The Morgan fingerprint density at radius 3 is 2.45 bits per heavy atom. The fraction of sp³-hybridized carbons (Fsp3) is 0.188. The van der Waals surface area contributed by atoms with Crippen LogP contribution in [-0.2, 0) is 0 Å². The molecule has 0 saturated carbocycles. The molecule has 2 aromatic rings. The second-order valence-electron chi connectivity index (χ2n) is 4.94. The third-order valence-electron chi connectivity index (χ3n) is 3.09. The smallest absolute Gasteiger partial charge is 0.255 e. The molecule has 0 aliphatic heterocycles. The van der Waals surface area contributed by atoms with Crippen LogP contribution in [0, 0.1) is 6.92 Å². The molecular formula is C16H19N3O. The molecule has 3 N–H and O–H groups in total. The molecule has 2 aromatic carbocycles. The summed E-state index contributed by atoms with van der Waals surface area (Å²) in [6.07, 6.45) is 0. The maximum atomic E-state index is 12.2. The van der Waals surface area contributed by atoms with Gasteiger partial charge in [0.15, 0.2) is 0 Å². The molecule has 0 aliphatic carbocycles. The summed E-state index contributed by atoms with van der Waals surface area (Å²) in [6.45, 7) is 2.02. The molecular weight excluding hydrogens is 250 g/mol. The van der Waals surface area contributed by atoms with E-state index in [0.717, 1.165) is 16.9 Å². The van der Waals surface area contributed by atoms with Crippen LogP contribution >= 0.6 is 0 Å². The zero-order valence-electron chi connectivity index (χ0n) is 12.0. The lowest BCUT2D eigenvalue weighted by molar-refractivity contribution is 0.0828. The number of para-hydroxylation sites is 1. The van der Waals surface area contributed by atoms with Crippen LogP contribution in [0.25, 0.3) is 0 Å². The molecule has 20 heavy (non-hydrogen) atoms. The van der Waals surface area contributed by atoms with Crippen molar-refractivity contribution in [3.63, 3.8) is 0 Å². The van der Waals surface area contributed by atoms with Gasteiger partial charge >= 0.3 is 0 Å². The van der Waals surface area contributed by atoms with E-state index in [0.29, 0.717) is 11.3 Å². The van der Waals surface area contributed by atoms with Crippen LogP contribution in [0.3, 0.4) is 0 Å². The predicted octanol–water partition coefficient (Wildman–Crippen LogP) is 3.02. The maximum absolute atomic E-state index is 12.2. The quantitative estimate of drug-likeness (QED) is 0.842. The first-order chi connectivity index (χ1) is 9.49. The number of nitrogens with one attached hydrogen (secondary N) is 1. The van der Waals surface area contributed by atoms with Gasteiger partial charge in [0.25, 0.3) is 5.91 Å². The second kappa shape index (κ2) is 5.65. The minimum Gasteiger partial charge on any atom is -0.399 e. The van der Waals surface area contributed by atoms with Gasteiger partial charge in [0.05, 0.1) is 11.3 Å². The van der Waals surface area contributed by atoms with Crippen LogP contribution in [0.2, 0.25) is 0 Å². The Balaban J connectivity index is 2.43. The summed E-state index contributed by atoms with van der Waals surface area (Å²) in [7, 11) is 3.46. The number of benzene rings is 2. The summed E-state index contributed by atoms with van der Waals surface area (Å²) in [4.78, 5) is 13.7. The van der Waals surface area contributed by atoms with Gasteiger partial charge in [0.2, 0.25) is 0 Å². The van der Waals surface area contributed by atoms with Gasteiger partial charge in [-0.3, -0.25) is 4.79 Å². The minimum absolute atomic E-state index is 0.0546. The normalized spacial score (nSPS) is 10.2. The minimum atomic E-state index is -0.0546. The number of amides is 1. The molecule has 0 aliphatic rings. The van der Waals surface area contributed by atoms with Crippen molar-refractivity contribution < 1.29 is 4.79 Å². The van der Waals surface area contributed by atoms with Crippen molar-refractivity contribution in [2.24, 2.45) is 0 Å². The highest BCUT2D eigenvalue weighted by atomic mass is 16.2. The third kappa shape index (κ3) is 2.91. The van der Waals surface area contributed by atoms with Crippen molar-refractivity contribution in [2.45, 2.75) is 6.92 Å². The molecule has 0 radical (unpaired) electrons. The van der Waals surface area contributed by atoms with E-state index in [1.807, 2.05) is 31.2 Å². The first-order valence-corrected chi connectivity index (χ1v) is 6.43. The van der Waals surface area contributed by atoms with Crippen LogP contribution in [0.15, 0.2) is 42.5 Å². The van der Waals surface area contributed by atoms with E-state index in [9.17, 15) is 4.79 Å². The Labute approximate surface area is 119 Å². The highest BCUT2D eigenvalue weighted by Gasteiger charge is 2.14. The fourth-order valence-electron chi connectivity index (χ4n) is 1.95. The lowest BCUT2D eigenvalue weighted by atomic mass is 10.1. The van der Waals surface area contributed by atoms with Crippen LogP contribution in [-0.4, -0.2) is 24.9 Å². The predicted molar refractivity (Wildman–Crippen MR) is 83.3 cm³/mol. The van der Waals surface area contributed by atoms with E-state index < -0.39 is 0 Å². The zero-order chi connectivity index (χ0) is 14.7. The van der Waals surface area contributed by atoms with Crippen molar-refractivity contribution in [1.29, 1.82) is 0 Å². The van der Waals surface area contributed by atoms with Gasteiger partial charge in [-0.15, -0.1) is 0 Å². The molecule has 2 rings (SSSR count). The first-order valence-electron chi connectivity index (χ1n) is 6.43. The Bertz CT molecular complexity index is 635. The molecule has 104 valence electrons. The summed E-state index contributed by atoms with van der Waals surface area (Å²) in [6, 6.07) is 13.2. The van der Waals surface area contributed by atoms with E-state index in [1.54, 1.807) is 37.2 Å². The van der Waals surface area contributed by atoms with E-state index in [1.165, 1.54) is 0 Å². The number of nitrogens with two attached hydrogens (primary N) is 1. The van der Waals surface area contributed by atoms with Crippen molar-refractivity contribution in [3.05, 3.63) is 53.6 Å². The number of hydrogen-bond donors (Lipinski definition) is 2. The average Bonchev–Trinajstić information content (AvgIpc) is 2.41. The second-order valence-corrected chi connectivity index (χ2v) is 4.94. The van der Waals surface area contributed by atoms with Gasteiger partial charge in [0.1, 0.15) is 0 Å². The number of rotatable bonds is 3. The number of carbonyl (C=O) groups is 1. The van der Waals surface area contributed by atoms with Gasteiger partial charge in [-0.2, -0.15) is 0 Å². The number of nitrogens with zero attached hydrogens (tertiary/aromatic N) is 1. The third-order valence-corrected chi connectivity index (χ3v) is 3.09. The molecule has 0 spiro atoms. The molecule has 4 nitrogen and oxygen atoms in total. The molecule has 0 bridgehead atoms. The Hall–Kier alpha value is -2.49. The molecule has 0 fully saturated rings. The summed E-state index contributed by atoms with van der Waals surface area (Å²) < 4.78 is 0. The topological polar surface area (TPSA) is 58.4 Å². The van der Waals surface area contributed by atoms with E-state index in [4.69, 9.17) is 5.73 Å². The largest absolute Gasteiger partial charge is 0.399 e. The van der Waals surface area contributed by atoms with Crippen molar-refractivity contribution in [2.75, 3.05) is 25.1 Å². The van der Waals surface area contributed by atoms with Crippen LogP contribution < -0.4 is 11.1 Å². The van der Waals surface area contributed by atoms with Crippen molar-refractivity contribution in [3.8, 4) is 0 Å². The SMILES string of the molecule is Cc1ccccc1Nc1cc(N)ccc1C(=O)N(C)C. The van der Waals surface area contributed by atoms with Gasteiger partial charge in [0, 0.05) is 25.5 Å². The molecule has 0 heterocycles. The summed E-state index contributed by atoms with van der Waals surface area (Å²) >= 11 is 0. The Kier molecular flexibility index (Phi) is 3.94. The summed E-state index contributed by atoms with van der Waals surface area (Å²) in [5.41, 5.74) is 9.85. The standard InChI is InChI=1S/C16H19N3O/c1-11-6-4-5-7-14(11)18-15-10-12(17)8-9-13(15)16(20)19(2)3/h4-10,18H,17H2,1-3H3. The Morgan fingerprint density at radius 2 is 1.80 bits per heavy atom. The Morgan fingerprint density at radius 1 is 1.10 bits per heavy atom. The number of hydrogen-bond acceptors (Lipinski definition) is 3. The van der Waals surface area contributed by atoms with E-state index >= 15 is 0 Å². The van der Waals surface area contributed by atoms with Gasteiger partial charge in [-0.25, -0.2) is 0 Å². The number of anilines is 3. The molecule has 0 saturated heterocycles. The fourth-order valence-corrected chi connectivity index (χ4v) is 1.95. The highest BCUT2D eigenvalue weighted by molar-refractivity contribution is 6.00. The van der Waals surface area contributed by atoms with Crippen LogP contribution in [0.5, 0.6) is 0 Å². The van der Waals surface area contributed by atoms with Crippen LogP contribution in [0.4, 0.5) is 17.1 Å². The molecule has 0 unspecified atom stereocenters. The first kappa shape index (κ1) is 13.9. The number of carbonyl (C=O) groups excluding carboxylic acids is 1. The lowest BCUT2D eigenvalue weighted by Gasteiger charge is -2.17. The van der Waals surface area contributed by atoms with Crippen molar-refractivity contribution >= 4 is 23.0 Å². The van der Waals surface area contributed by atoms with E-state index in [-0.39, 0.29) is 5.91 Å². The summed E-state index contributed by atoms with van der Waals surface area (Å²) in [5, 5.41) is 3.29. The molecule has 0 aromatic heterocycles. The van der Waals surface area contributed by atoms with Crippen LogP contribution in [0.1, 0.15) is 15.9 Å². The number of nitrogen functional groups attached to an aromatic ring is 1. The van der Waals surface area contributed by atoms with Gasteiger partial charge in [-0.1, -0.05) is 18.2 Å². The lowest BCUT2D eigenvalue weighted by Crippen LogP contribution is -2.22. The number of aryl methyl sites for hydroxylation is 1. The molecule has 0 atom stereocenters. The molecule has 1 amide bonds. The zero-order valence-corrected chi connectivity index (χ0v) is 12.0. The van der Waals surface area contributed by atoms with E-state index in [2.05, 4.69) is 5.32 Å². The monoisotopic (exact) mass is 269 g/mol. The summed E-state index contributed by atoms with van der Waals surface area (Å²) in [5.74, 6) is -0.0546. The van der Waals surface area contributed by atoms with Gasteiger partial charge in [-0.05, 0) is 36.8 Å². The van der Waals surface area contributed by atoms with Crippen molar-refractivity contribution in [1.82, 2.24) is 4.90 Å². The van der Waals surface area contributed by atoms with Gasteiger partial charge < -0.3 is 16.0 Å². The maximum Gasteiger partial charge on any atom is 0.255 e.